The highest BCUT2D eigenvalue weighted by molar-refractivity contribution is 5.78. The third-order valence-corrected chi connectivity index (χ3v) is 2.82. The minimum absolute atomic E-state index is 0.197. The molecule has 5 heteroatoms. The monoisotopic (exact) mass is 224 g/mol. The van der Waals surface area contributed by atoms with Crippen LogP contribution in [0.5, 0.6) is 0 Å². The molecule has 0 unspecified atom stereocenters. The first-order valence-electron chi connectivity index (χ1n) is 5.26. The maximum Gasteiger partial charge on any atom is 0.317 e. The second-order valence-corrected chi connectivity index (χ2v) is 4.06. The zero-order valence-electron chi connectivity index (χ0n) is 9.29. The molecule has 1 aliphatic heterocycles. The minimum atomic E-state index is -0.485. The maximum absolute atomic E-state index is 11.6. The van der Waals surface area contributed by atoms with E-state index in [1.54, 1.807) is 0 Å². The average molecular weight is 224 g/mol. The number of rotatable bonds is 5. The van der Waals surface area contributed by atoms with Gasteiger partial charge in [-0.05, 0) is 12.1 Å². The highest BCUT2D eigenvalue weighted by atomic mass is 16.5. The van der Waals surface area contributed by atoms with Gasteiger partial charge in [0, 0.05) is 25.0 Å². The molecule has 0 saturated carbocycles. The summed E-state index contributed by atoms with van der Waals surface area (Å²) in [6.45, 7) is 2.18. The molecule has 0 radical (unpaired) electrons. The van der Waals surface area contributed by atoms with E-state index in [0.29, 0.717) is 26.3 Å². The summed E-state index contributed by atoms with van der Waals surface area (Å²) in [6, 6.07) is 3.94. The fraction of sp³-hybridized carbons (Fsp3) is 0.545. The number of ether oxygens (including phenoxy) is 2. The van der Waals surface area contributed by atoms with E-state index in [0.717, 1.165) is 5.69 Å². The molecule has 5 nitrogen and oxygen atoms in total. The Morgan fingerprint density at radius 1 is 1.69 bits per heavy atom. The summed E-state index contributed by atoms with van der Waals surface area (Å²) in [4.78, 5) is 14.7. The van der Waals surface area contributed by atoms with Crippen LogP contribution in [0.2, 0.25) is 0 Å². The number of methoxy groups -OCH3 is 1. The van der Waals surface area contributed by atoms with E-state index in [-0.39, 0.29) is 5.97 Å². The van der Waals surface area contributed by atoms with Gasteiger partial charge in [0.05, 0.1) is 20.3 Å². The normalized spacial score (nSPS) is 17.8. The first kappa shape index (κ1) is 11.2. The Labute approximate surface area is 94.1 Å². The van der Waals surface area contributed by atoms with Crippen molar-refractivity contribution in [1.29, 1.82) is 0 Å². The van der Waals surface area contributed by atoms with Crippen molar-refractivity contribution in [3.8, 4) is 0 Å². The number of nitrogens with one attached hydrogen (secondary N) is 2. The van der Waals surface area contributed by atoms with Crippen LogP contribution in [0.4, 0.5) is 0 Å². The standard InChI is InChI=1S/C11H16N2O3/c1-15-10(14)11(7-16-8-11)6-12-5-9-3-2-4-13-9/h2-4,12-13H,5-8H2,1H3. The molecule has 0 atom stereocenters. The van der Waals surface area contributed by atoms with Crippen LogP contribution in [0.1, 0.15) is 5.69 Å². The second kappa shape index (κ2) is 4.67. The van der Waals surface area contributed by atoms with Gasteiger partial charge in [-0.3, -0.25) is 4.79 Å². The molecule has 0 aromatic carbocycles. The number of aromatic amines is 1. The van der Waals surface area contributed by atoms with Crippen LogP contribution in [-0.2, 0) is 20.8 Å². The van der Waals surface area contributed by atoms with Crippen molar-refractivity contribution in [3.63, 3.8) is 0 Å². The molecule has 1 aromatic rings. The molecule has 16 heavy (non-hydrogen) atoms. The van der Waals surface area contributed by atoms with Crippen molar-refractivity contribution in [2.45, 2.75) is 6.54 Å². The van der Waals surface area contributed by atoms with Gasteiger partial charge in [0.2, 0.25) is 0 Å². The Morgan fingerprint density at radius 2 is 2.50 bits per heavy atom. The van der Waals surface area contributed by atoms with Crippen molar-refractivity contribution in [1.82, 2.24) is 10.3 Å². The van der Waals surface area contributed by atoms with Gasteiger partial charge in [0.25, 0.3) is 0 Å². The maximum atomic E-state index is 11.6. The number of hydrogen-bond acceptors (Lipinski definition) is 4. The van der Waals surface area contributed by atoms with Crippen molar-refractivity contribution >= 4 is 5.97 Å². The smallest absolute Gasteiger partial charge is 0.317 e. The Hall–Kier alpha value is -1.33. The molecule has 0 spiro atoms. The molecule has 1 saturated heterocycles. The number of carbonyl (C=O) groups excluding carboxylic acids is 1. The van der Waals surface area contributed by atoms with Crippen LogP contribution in [-0.4, -0.2) is 37.8 Å². The summed E-state index contributed by atoms with van der Waals surface area (Å²) in [7, 11) is 1.41. The summed E-state index contributed by atoms with van der Waals surface area (Å²) in [6.07, 6.45) is 1.87. The average Bonchev–Trinajstić information content (AvgIpc) is 2.74. The van der Waals surface area contributed by atoms with E-state index in [9.17, 15) is 4.79 Å². The molecule has 1 aliphatic rings. The molecule has 0 aliphatic carbocycles. The van der Waals surface area contributed by atoms with Gasteiger partial charge >= 0.3 is 5.97 Å². The predicted molar refractivity (Wildman–Crippen MR) is 57.8 cm³/mol. The highest BCUT2D eigenvalue weighted by Gasteiger charge is 2.46. The van der Waals surface area contributed by atoms with E-state index in [2.05, 4.69) is 10.3 Å². The van der Waals surface area contributed by atoms with Crippen LogP contribution in [0.25, 0.3) is 0 Å². The molecule has 88 valence electrons. The van der Waals surface area contributed by atoms with Crippen molar-refractivity contribution in [3.05, 3.63) is 24.0 Å². The number of hydrogen-bond donors (Lipinski definition) is 2. The fourth-order valence-electron chi connectivity index (χ4n) is 1.77. The number of H-pyrrole nitrogens is 1. The molecule has 2 heterocycles. The molecule has 0 amide bonds. The van der Waals surface area contributed by atoms with Crippen LogP contribution in [0.15, 0.2) is 18.3 Å². The van der Waals surface area contributed by atoms with Crippen LogP contribution >= 0.6 is 0 Å². The molecule has 2 rings (SSSR count). The molecule has 1 aromatic heterocycles. The SMILES string of the molecule is COC(=O)C1(CNCc2ccc[nH]2)COC1. The minimum Gasteiger partial charge on any atom is -0.468 e. The Kier molecular flexibility index (Phi) is 3.26. The van der Waals surface area contributed by atoms with Gasteiger partial charge < -0.3 is 19.8 Å². The number of esters is 1. The summed E-state index contributed by atoms with van der Waals surface area (Å²) in [5.74, 6) is -0.197. The molecule has 0 bridgehead atoms. The van der Waals surface area contributed by atoms with E-state index < -0.39 is 5.41 Å². The van der Waals surface area contributed by atoms with Gasteiger partial charge in [0.15, 0.2) is 0 Å². The Morgan fingerprint density at radius 3 is 3.00 bits per heavy atom. The third kappa shape index (κ3) is 2.10. The van der Waals surface area contributed by atoms with Gasteiger partial charge in [-0.15, -0.1) is 0 Å². The fourth-order valence-corrected chi connectivity index (χ4v) is 1.77. The van der Waals surface area contributed by atoms with Gasteiger partial charge in [-0.25, -0.2) is 0 Å². The third-order valence-electron chi connectivity index (χ3n) is 2.82. The van der Waals surface area contributed by atoms with E-state index in [1.165, 1.54) is 7.11 Å². The van der Waals surface area contributed by atoms with Crippen LogP contribution in [0, 0.1) is 5.41 Å². The summed E-state index contributed by atoms with van der Waals surface area (Å²) in [5, 5.41) is 3.23. The van der Waals surface area contributed by atoms with Gasteiger partial charge in [-0.2, -0.15) is 0 Å². The predicted octanol–water partition coefficient (Wildman–Crippen LogP) is 0.294. The van der Waals surface area contributed by atoms with Crippen molar-refractivity contribution in [2.24, 2.45) is 5.41 Å². The molecular formula is C11H16N2O3. The first-order valence-corrected chi connectivity index (χ1v) is 5.26. The van der Waals surface area contributed by atoms with E-state index in [1.807, 2.05) is 18.3 Å². The summed E-state index contributed by atoms with van der Waals surface area (Å²) >= 11 is 0. The number of carbonyl (C=O) groups is 1. The lowest BCUT2D eigenvalue weighted by Crippen LogP contribution is -2.55. The van der Waals surface area contributed by atoms with E-state index in [4.69, 9.17) is 9.47 Å². The van der Waals surface area contributed by atoms with Gasteiger partial charge in [-0.1, -0.05) is 0 Å². The zero-order valence-corrected chi connectivity index (χ0v) is 9.29. The molecule has 1 fully saturated rings. The zero-order chi connectivity index (χ0) is 11.4. The lowest BCUT2D eigenvalue weighted by atomic mass is 9.86. The van der Waals surface area contributed by atoms with Crippen molar-refractivity contribution < 1.29 is 14.3 Å². The van der Waals surface area contributed by atoms with E-state index >= 15 is 0 Å². The summed E-state index contributed by atoms with van der Waals surface area (Å²) in [5.41, 5.74) is 0.613. The molecular weight excluding hydrogens is 208 g/mol. The lowest BCUT2D eigenvalue weighted by molar-refractivity contribution is -0.182. The first-order chi connectivity index (χ1) is 7.77. The summed E-state index contributed by atoms with van der Waals surface area (Å²) < 4.78 is 9.88. The Balaban J connectivity index is 1.81. The quantitative estimate of drug-likeness (QED) is 0.706. The lowest BCUT2D eigenvalue weighted by Gasteiger charge is -2.38. The van der Waals surface area contributed by atoms with Crippen molar-refractivity contribution in [2.75, 3.05) is 26.9 Å². The van der Waals surface area contributed by atoms with Crippen LogP contribution < -0.4 is 5.32 Å². The largest absolute Gasteiger partial charge is 0.468 e. The molecule has 2 N–H and O–H groups in total. The number of aromatic nitrogens is 1. The van der Waals surface area contributed by atoms with Crippen LogP contribution in [0.3, 0.4) is 0 Å². The highest BCUT2D eigenvalue weighted by Crippen LogP contribution is 2.28. The topological polar surface area (TPSA) is 63.3 Å². The second-order valence-electron chi connectivity index (χ2n) is 4.06. The Bertz CT molecular complexity index is 344. The van der Waals surface area contributed by atoms with Gasteiger partial charge in [0.1, 0.15) is 5.41 Å².